The number of rotatable bonds is 4. The van der Waals surface area contributed by atoms with Crippen molar-refractivity contribution in [3.05, 3.63) is 29.8 Å². The summed E-state index contributed by atoms with van der Waals surface area (Å²) >= 11 is 0. The summed E-state index contributed by atoms with van der Waals surface area (Å²) in [6.07, 6.45) is 0. The van der Waals surface area contributed by atoms with Crippen molar-refractivity contribution in [3.8, 4) is 0 Å². The van der Waals surface area contributed by atoms with E-state index in [-0.39, 0.29) is 12.2 Å². The standard InChI is InChI=1S/C10H11F3N2O3S/c1-14-6-15-9(16)7-2-4-8(5-3-7)19(17,18)10(11,12)13/h2-5,14H,6H2,1H3,(H,15,16). The van der Waals surface area contributed by atoms with Gasteiger partial charge in [-0.25, -0.2) is 8.42 Å². The van der Waals surface area contributed by atoms with Gasteiger partial charge in [-0.05, 0) is 31.3 Å². The van der Waals surface area contributed by atoms with E-state index in [0.717, 1.165) is 24.3 Å². The molecule has 0 aliphatic rings. The highest BCUT2D eigenvalue weighted by atomic mass is 32.2. The minimum Gasteiger partial charge on any atom is -0.339 e. The molecule has 0 radical (unpaired) electrons. The van der Waals surface area contributed by atoms with Gasteiger partial charge in [0.15, 0.2) is 0 Å². The van der Waals surface area contributed by atoms with Crippen molar-refractivity contribution in [2.45, 2.75) is 10.4 Å². The molecule has 0 unspecified atom stereocenters. The SMILES string of the molecule is CNCNC(=O)c1ccc(S(=O)(=O)C(F)(F)F)cc1. The van der Waals surface area contributed by atoms with E-state index in [1.165, 1.54) is 0 Å². The summed E-state index contributed by atoms with van der Waals surface area (Å²) in [6.45, 7) is 0.182. The van der Waals surface area contributed by atoms with Crippen LogP contribution in [0.3, 0.4) is 0 Å². The molecule has 19 heavy (non-hydrogen) atoms. The molecule has 0 saturated heterocycles. The van der Waals surface area contributed by atoms with Gasteiger partial charge < -0.3 is 10.6 Å². The van der Waals surface area contributed by atoms with Gasteiger partial charge in [0.1, 0.15) is 0 Å². The lowest BCUT2D eigenvalue weighted by molar-refractivity contribution is -0.0436. The zero-order valence-electron chi connectivity index (χ0n) is 9.78. The smallest absolute Gasteiger partial charge is 0.339 e. The van der Waals surface area contributed by atoms with E-state index < -0.39 is 26.1 Å². The lowest BCUT2D eigenvalue weighted by Gasteiger charge is -2.09. The third-order valence-electron chi connectivity index (χ3n) is 2.16. The fourth-order valence-electron chi connectivity index (χ4n) is 1.19. The van der Waals surface area contributed by atoms with Gasteiger partial charge in [-0.1, -0.05) is 0 Å². The lowest BCUT2D eigenvalue weighted by atomic mass is 10.2. The Balaban J connectivity index is 2.98. The van der Waals surface area contributed by atoms with Gasteiger partial charge in [-0.15, -0.1) is 0 Å². The van der Waals surface area contributed by atoms with Crippen LogP contribution in [0.25, 0.3) is 0 Å². The Kier molecular flexibility index (Phi) is 4.53. The third-order valence-corrected chi connectivity index (χ3v) is 3.66. The second kappa shape index (κ2) is 5.57. The predicted octanol–water partition coefficient (Wildman–Crippen LogP) is 0.887. The van der Waals surface area contributed by atoms with Crippen LogP contribution in [-0.4, -0.2) is 33.5 Å². The van der Waals surface area contributed by atoms with E-state index >= 15 is 0 Å². The molecule has 5 nitrogen and oxygen atoms in total. The largest absolute Gasteiger partial charge is 0.501 e. The average Bonchev–Trinajstić information content (AvgIpc) is 2.34. The van der Waals surface area contributed by atoms with E-state index in [4.69, 9.17) is 0 Å². The maximum atomic E-state index is 12.3. The molecule has 0 fully saturated rings. The van der Waals surface area contributed by atoms with Crippen molar-refractivity contribution in [1.29, 1.82) is 0 Å². The number of nitrogens with one attached hydrogen (secondary N) is 2. The van der Waals surface area contributed by atoms with Crippen LogP contribution >= 0.6 is 0 Å². The molecule has 0 aliphatic heterocycles. The summed E-state index contributed by atoms with van der Waals surface area (Å²) in [7, 11) is -3.78. The Morgan fingerprint density at radius 1 is 1.21 bits per heavy atom. The Bertz CT molecular complexity index is 552. The zero-order valence-corrected chi connectivity index (χ0v) is 10.6. The van der Waals surface area contributed by atoms with E-state index in [0.29, 0.717) is 0 Å². The first-order valence-electron chi connectivity index (χ1n) is 5.04. The van der Waals surface area contributed by atoms with Gasteiger partial charge in [-0.2, -0.15) is 13.2 Å². The molecule has 0 atom stereocenters. The molecule has 106 valence electrons. The molecule has 9 heteroatoms. The highest BCUT2D eigenvalue weighted by Gasteiger charge is 2.46. The molecule has 0 aliphatic carbocycles. The van der Waals surface area contributed by atoms with Crippen LogP contribution in [0.15, 0.2) is 29.2 Å². The molecule has 0 saturated carbocycles. The molecule has 1 rings (SSSR count). The van der Waals surface area contributed by atoms with E-state index in [2.05, 4.69) is 10.6 Å². The number of amides is 1. The van der Waals surface area contributed by atoms with Gasteiger partial charge in [0.2, 0.25) is 0 Å². The van der Waals surface area contributed by atoms with Crippen LogP contribution in [0.1, 0.15) is 10.4 Å². The summed E-state index contributed by atoms with van der Waals surface area (Å²) in [5.41, 5.74) is -5.29. The molecule has 0 bridgehead atoms. The maximum absolute atomic E-state index is 12.3. The number of hydrogen-bond donors (Lipinski definition) is 2. The zero-order chi connectivity index (χ0) is 14.7. The number of halogens is 3. The number of hydrogen-bond acceptors (Lipinski definition) is 4. The predicted molar refractivity (Wildman–Crippen MR) is 61.1 cm³/mol. The van der Waals surface area contributed by atoms with Crippen LogP contribution in [0.2, 0.25) is 0 Å². The Labute approximate surface area is 107 Å². The van der Waals surface area contributed by atoms with Crippen LogP contribution in [-0.2, 0) is 9.84 Å². The van der Waals surface area contributed by atoms with E-state index in [1.807, 2.05) is 0 Å². The molecule has 0 spiro atoms. The van der Waals surface area contributed by atoms with Crippen molar-refractivity contribution in [1.82, 2.24) is 10.6 Å². The third kappa shape index (κ3) is 3.44. The highest BCUT2D eigenvalue weighted by molar-refractivity contribution is 7.92. The molecule has 0 heterocycles. The second-order valence-corrected chi connectivity index (χ2v) is 5.45. The number of alkyl halides is 3. The van der Waals surface area contributed by atoms with Crippen LogP contribution in [0.5, 0.6) is 0 Å². The minimum atomic E-state index is -5.38. The maximum Gasteiger partial charge on any atom is 0.501 e. The molecule has 1 aromatic rings. The quantitative estimate of drug-likeness (QED) is 0.809. The Morgan fingerprint density at radius 3 is 2.16 bits per heavy atom. The first-order valence-corrected chi connectivity index (χ1v) is 6.52. The fraction of sp³-hybridized carbons (Fsp3) is 0.300. The second-order valence-electron chi connectivity index (χ2n) is 3.51. The van der Waals surface area contributed by atoms with Gasteiger partial charge in [0, 0.05) is 5.56 Å². The molecule has 1 amide bonds. The fourth-order valence-corrected chi connectivity index (χ4v) is 1.95. The summed E-state index contributed by atoms with van der Waals surface area (Å²) in [4.78, 5) is 10.5. The monoisotopic (exact) mass is 296 g/mol. The number of carbonyl (C=O) groups excluding carboxylic acids is 1. The van der Waals surface area contributed by atoms with Crippen molar-refractivity contribution < 1.29 is 26.4 Å². The molecule has 2 N–H and O–H groups in total. The summed E-state index contributed by atoms with van der Waals surface area (Å²) in [5, 5.41) is 5.06. The van der Waals surface area contributed by atoms with Crippen LogP contribution in [0.4, 0.5) is 13.2 Å². The molecule has 0 aromatic heterocycles. The first-order chi connectivity index (χ1) is 8.70. The van der Waals surface area contributed by atoms with Crippen LogP contribution < -0.4 is 10.6 Å². The molecular weight excluding hydrogens is 285 g/mol. The highest BCUT2D eigenvalue weighted by Crippen LogP contribution is 2.30. The van der Waals surface area contributed by atoms with E-state index in [1.54, 1.807) is 7.05 Å². The first kappa shape index (κ1) is 15.4. The van der Waals surface area contributed by atoms with Crippen molar-refractivity contribution in [2.24, 2.45) is 0 Å². The lowest BCUT2D eigenvalue weighted by Crippen LogP contribution is -2.31. The van der Waals surface area contributed by atoms with Crippen molar-refractivity contribution in [2.75, 3.05) is 13.7 Å². The summed E-state index contributed by atoms with van der Waals surface area (Å²) in [6, 6.07) is 3.53. The molecule has 1 aromatic carbocycles. The van der Waals surface area contributed by atoms with Crippen LogP contribution in [0, 0.1) is 0 Å². The van der Waals surface area contributed by atoms with E-state index in [9.17, 15) is 26.4 Å². The molecular formula is C10H11F3N2O3S. The van der Waals surface area contributed by atoms with Crippen molar-refractivity contribution >= 4 is 15.7 Å². The topological polar surface area (TPSA) is 75.3 Å². The van der Waals surface area contributed by atoms with Gasteiger partial charge >= 0.3 is 5.51 Å². The average molecular weight is 296 g/mol. The van der Waals surface area contributed by atoms with Gasteiger partial charge in [-0.3, -0.25) is 4.79 Å². The Hall–Kier alpha value is -1.61. The van der Waals surface area contributed by atoms with Gasteiger partial charge in [0.25, 0.3) is 15.7 Å². The summed E-state index contributed by atoms with van der Waals surface area (Å²) < 4.78 is 59.0. The number of benzene rings is 1. The normalized spacial score (nSPS) is 12.2. The number of sulfone groups is 1. The van der Waals surface area contributed by atoms with Crippen molar-refractivity contribution in [3.63, 3.8) is 0 Å². The summed E-state index contributed by atoms with van der Waals surface area (Å²) in [5.74, 6) is -0.523. The minimum absolute atomic E-state index is 0.0661. The van der Waals surface area contributed by atoms with Gasteiger partial charge in [0.05, 0.1) is 11.6 Å². The number of carbonyl (C=O) groups is 1. The Morgan fingerprint density at radius 2 is 1.74 bits per heavy atom.